The van der Waals surface area contributed by atoms with E-state index in [0.29, 0.717) is 11.7 Å². The molecule has 0 aliphatic heterocycles. The van der Waals surface area contributed by atoms with Crippen LogP contribution in [0.2, 0.25) is 0 Å². The van der Waals surface area contributed by atoms with Crippen LogP contribution >= 0.6 is 11.8 Å². The third kappa shape index (κ3) is 4.91. The third-order valence-electron chi connectivity index (χ3n) is 3.97. The van der Waals surface area contributed by atoms with Gasteiger partial charge < -0.3 is 5.32 Å². The van der Waals surface area contributed by atoms with E-state index < -0.39 is 0 Å². The smallest absolute Gasteiger partial charge is 0.234 e. The highest BCUT2D eigenvalue weighted by atomic mass is 32.2. The van der Waals surface area contributed by atoms with Crippen LogP contribution in [0.3, 0.4) is 0 Å². The van der Waals surface area contributed by atoms with Gasteiger partial charge in [0, 0.05) is 18.9 Å². The molecule has 0 fully saturated rings. The number of rotatable bonds is 7. The fourth-order valence-corrected chi connectivity index (χ4v) is 3.59. The SMILES string of the molecule is Cc1cccc(-n2nnnc2SC(C(=O)NCc2cccnc2)C(C)C)c1. The fourth-order valence-electron chi connectivity index (χ4n) is 2.57. The second kappa shape index (κ2) is 8.77. The summed E-state index contributed by atoms with van der Waals surface area (Å²) >= 11 is 1.37. The number of carbonyl (C=O) groups excluding carboxylic acids is 1. The van der Waals surface area contributed by atoms with Crippen molar-refractivity contribution in [3.63, 3.8) is 0 Å². The second-order valence-electron chi connectivity index (χ2n) is 6.57. The van der Waals surface area contributed by atoms with Crippen LogP contribution in [0.1, 0.15) is 25.0 Å². The number of thioether (sulfide) groups is 1. The van der Waals surface area contributed by atoms with Gasteiger partial charge in [0.25, 0.3) is 0 Å². The van der Waals surface area contributed by atoms with E-state index in [1.165, 1.54) is 11.8 Å². The Morgan fingerprint density at radius 2 is 2.11 bits per heavy atom. The summed E-state index contributed by atoms with van der Waals surface area (Å²) < 4.78 is 1.67. The summed E-state index contributed by atoms with van der Waals surface area (Å²) in [6, 6.07) is 11.7. The Balaban J connectivity index is 1.73. The molecule has 2 aromatic heterocycles. The monoisotopic (exact) mass is 382 g/mol. The topological polar surface area (TPSA) is 85.6 Å². The van der Waals surface area contributed by atoms with E-state index in [0.717, 1.165) is 16.8 Å². The Morgan fingerprint density at radius 1 is 1.26 bits per heavy atom. The molecular weight excluding hydrogens is 360 g/mol. The summed E-state index contributed by atoms with van der Waals surface area (Å²) in [4.78, 5) is 16.8. The molecule has 140 valence electrons. The Labute approximate surface area is 162 Å². The van der Waals surface area contributed by atoms with Gasteiger partial charge in [0.05, 0.1) is 10.9 Å². The van der Waals surface area contributed by atoms with E-state index in [-0.39, 0.29) is 17.1 Å². The molecule has 27 heavy (non-hydrogen) atoms. The quantitative estimate of drug-likeness (QED) is 0.633. The van der Waals surface area contributed by atoms with Crippen LogP contribution < -0.4 is 5.32 Å². The minimum atomic E-state index is -0.309. The Bertz CT molecular complexity index is 896. The number of benzene rings is 1. The van der Waals surface area contributed by atoms with Crippen molar-refractivity contribution in [2.75, 3.05) is 0 Å². The van der Waals surface area contributed by atoms with Gasteiger partial charge in [-0.15, -0.1) is 5.10 Å². The zero-order chi connectivity index (χ0) is 19.2. The molecule has 1 N–H and O–H groups in total. The Morgan fingerprint density at radius 3 is 2.81 bits per heavy atom. The highest BCUT2D eigenvalue weighted by Crippen LogP contribution is 2.28. The fraction of sp³-hybridized carbons (Fsp3) is 0.316. The molecule has 3 aromatic rings. The van der Waals surface area contributed by atoms with E-state index in [2.05, 4.69) is 25.8 Å². The maximum absolute atomic E-state index is 12.8. The second-order valence-corrected chi connectivity index (χ2v) is 7.68. The number of aryl methyl sites for hydroxylation is 1. The summed E-state index contributed by atoms with van der Waals surface area (Å²) in [6.07, 6.45) is 3.46. The number of aromatic nitrogens is 5. The van der Waals surface area contributed by atoms with Crippen LogP contribution in [0, 0.1) is 12.8 Å². The molecule has 3 rings (SSSR count). The molecule has 0 aliphatic rings. The number of pyridine rings is 1. The average molecular weight is 382 g/mol. The summed E-state index contributed by atoms with van der Waals surface area (Å²) in [5, 5.41) is 15.3. The van der Waals surface area contributed by atoms with E-state index in [1.807, 2.05) is 57.2 Å². The Hall–Kier alpha value is -2.74. The van der Waals surface area contributed by atoms with Gasteiger partial charge in [-0.05, 0) is 52.6 Å². The van der Waals surface area contributed by atoms with Gasteiger partial charge in [0.2, 0.25) is 11.1 Å². The van der Waals surface area contributed by atoms with Gasteiger partial charge in [0.1, 0.15) is 0 Å². The van der Waals surface area contributed by atoms with Crippen LogP contribution in [-0.4, -0.2) is 36.3 Å². The van der Waals surface area contributed by atoms with Crippen molar-refractivity contribution < 1.29 is 4.79 Å². The van der Waals surface area contributed by atoms with E-state index in [4.69, 9.17) is 0 Å². The number of hydrogen-bond acceptors (Lipinski definition) is 6. The van der Waals surface area contributed by atoms with Crippen molar-refractivity contribution in [2.24, 2.45) is 5.92 Å². The summed E-state index contributed by atoms with van der Waals surface area (Å²) in [6.45, 7) is 6.49. The zero-order valence-corrected chi connectivity index (χ0v) is 16.3. The van der Waals surface area contributed by atoms with Gasteiger partial charge in [0.15, 0.2) is 0 Å². The van der Waals surface area contributed by atoms with Crippen LogP contribution in [0.25, 0.3) is 5.69 Å². The molecule has 0 aliphatic carbocycles. The zero-order valence-electron chi connectivity index (χ0n) is 15.5. The van der Waals surface area contributed by atoms with Crippen molar-refractivity contribution in [3.8, 4) is 5.69 Å². The minimum Gasteiger partial charge on any atom is -0.351 e. The number of hydrogen-bond donors (Lipinski definition) is 1. The van der Waals surface area contributed by atoms with E-state index >= 15 is 0 Å². The standard InChI is InChI=1S/C19H22N6OS/c1-13(2)17(18(26)21-12-15-7-5-9-20-11-15)27-19-22-23-24-25(19)16-8-4-6-14(3)10-16/h4-11,13,17H,12H2,1-3H3,(H,21,26). The predicted octanol–water partition coefficient (Wildman–Crippen LogP) is 2.80. The van der Waals surface area contributed by atoms with Crippen molar-refractivity contribution in [3.05, 3.63) is 59.9 Å². The minimum absolute atomic E-state index is 0.0438. The Kier molecular flexibility index (Phi) is 6.18. The molecule has 1 atom stereocenters. The largest absolute Gasteiger partial charge is 0.351 e. The molecular formula is C19H22N6OS. The number of nitrogens with one attached hydrogen (secondary N) is 1. The maximum atomic E-state index is 12.8. The lowest BCUT2D eigenvalue weighted by Crippen LogP contribution is -2.35. The lowest BCUT2D eigenvalue weighted by Gasteiger charge is -2.19. The number of nitrogens with zero attached hydrogens (tertiary/aromatic N) is 5. The molecule has 0 bridgehead atoms. The lowest BCUT2D eigenvalue weighted by molar-refractivity contribution is -0.121. The van der Waals surface area contributed by atoms with Gasteiger partial charge >= 0.3 is 0 Å². The molecule has 0 spiro atoms. The molecule has 8 heteroatoms. The van der Waals surface area contributed by atoms with Gasteiger partial charge in [-0.1, -0.05) is 43.8 Å². The molecule has 1 amide bonds. The summed E-state index contributed by atoms with van der Waals surface area (Å²) in [7, 11) is 0. The molecule has 7 nitrogen and oxygen atoms in total. The lowest BCUT2D eigenvalue weighted by atomic mass is 10.1. The highest BCUT2D eigenvalue weighted by Gasteiger charge is 2.26. The first kappa shape index (κ1) is 19.0. The van der Waals surface area contributed by atoms with Crippen LogP contribution in [0.4, 0.5) is 0 Å². The first-order valence-corrected chi connectivity index (χ1v) is 9.61. The van der Waals surface area contributed by atoms with Gasteiger partial charge in [-0.3, -0.25) is 9.78 Å². The summed E-state index contributed by atoms with van der Waals surface area (Å²) in [5.41, 5.74) is 2.96. The molecule has 0 saturated heterocycles. The normalized spacial score (nSPS) is 12.1. The van der Waals surface area contributed by atoms with Crippen molar-refractivity contribution in [1.29, 1.82) is 0 Å². The maximum Gasteiger partial charge on any atom is 0.234 e. The molecule has 2 heterocycles. The summed E-state index contributed by atoms with van der Waals surface area (Å²) in [5.74, 6) is 0.0733. The average Bonchev–Trinajstić information content (AvgIpc) is 3.13. The molecule has 0 saturated carbocycles. The highest BCUT2D eigenvalue weighted by molar-refractivity contribution is 8.00. The van der Waals surface area contributed by atoms with Crippen molar-refractivity contribution in [1.82, 2.24) is 30.5 Å². The van der Waals surface area contributed by atoms with Crippen LogP contribution in [0.5, 0.6) is 0 Å². The van der Waals surface area contributed by atoms with Crippen molar-refractivity contribution >= 4 is 17.7 Å². The van der Waals surface area contributed by atoms with Gasteiger partial charge in [-0.2, -0.15) is 4.68 Å². The molecule has 1 aromatic carbocycles. The van der Waals surface area contributed by atoms with E-state index in [9.17, 15) is 4.79 Å². The van der Waals surface area contributed by atoms with Crippen LogP contribution in [0.15, 0.2) is 53.9 Å². The first-order valence-electron chi connectivity index (χ1n) is 8.73. The third-order valence-corrected chi connectivity index (χ3v) is 5.45. The number of carbonyl (C=O) groups is 1. The van der Waals surface area contributed by atoms with Crippen molar-refractivity contribution in [2.45, 2.75) is 37.7 Å². The molecule has 0 radical (unpaired) electrons. The first-order chi connectivity index (χ1) is 13.0. The van der Waals surface area contributed by atoms with Crippen LogP contribution in [-0.2, 0) is 11.3 Å². The predicted molar refractivity (Wildman–Crippen MR) is 104 cm³/mol. The van der Waals surface area contributed by atoms with E-state index in [1.54, 1.807) is 17.1 Å². The number of tetrazole rings is 1. The molecule has 1 unspecified atom stereocenters. The van der Waals surface area contributed by atoms with Gasteiger partial charge in [-0.25, -0.2) is 0 Å². The number of amides is 1.